The van der Waals surface area contributed by atoms with E-state index in [-0.39, 0.29) is 0 Å². The Morgan fingerprint density at radius 2 is 2.23 bits per heavy atom. The molecule has 0 spiro atoms. The van der Waals surface area contributed by atoms with Crippen molar-refractivity contribution in [3.8, 4) is 0 Å². The zero-order chi connectivity index (χ0) is 9.68. The van der Waals surface area contributed by atoms with Crippen LogP contribution in [0.4, 0.5) is 0 Å². The van der Waals surface area contributed by atoms with Gasteiger partial charge in [0.1, 0.15) is 11.0 Å². The van der Waals surface area contributed by atoms with Crippen molar-refractivity contribution in [1.29, 1.82) is 0 Å². The molecule has 1 aromatic heterocycles. The Morgan fingerprint density at radius 3 is 2.77 bits per heavy atom. The van der Waals surface area contributed by atoms with E-state index in [1.54, 1.807) is 6.20 Å². The highest BCUT2D eigenvalue weighted by atomic mass is 35.5. The predicted molar refractivity (Wildman–Crippen MR) is 51.8 cm³/mol. The van der Waals surface area contributed by atoms with Crippen LogP contribution in [0.2, 0.25) is 5.15 Å². The molecule has 0 aromatic carbocycles. The Kier molecular flexibility index (Phi) is 4.12. The summed E-state index contributed by atoms with van der Waals surface area (Å²) in [4.78, 5) is 8.25. The van der Waals surface area contributed by atoms with Crippen molar-refractivity contribution in [2.24, 2.45) is 0 Å². The summed E-state index contributed by atoms with van der Waals surface area (Å²) >= 11 is 5.91. The van der Waals surface area contributed by atoms with Gasteiger partial charge in [-0.05, 0) is 6.92 Å². The summed E-state index contributed by atoms with van der Waals surface area (Å²) in [5.41, 5.74) is 0.848. The van der Waals surface area contributed by atoms with Crippen molar-refractivity contribution in [3.05, 3.63) is 22.7 Å². The zero-order valence-electron chi connectivity index (χ0n) is 7.88. The smallest absolute Gasteiger partial charge is 0.138 e. The minimum absolute atomic E-state index is 0.485. The second-order valence-electron chi connectivity index (χ2n) is 2.59. The first kappa shape index (κ1) is 10.4. The minimum Gasteiger partial charge on any atom is -0.377 e. The van der Waals surface area contributed by atoms with Crippen LogP contribution < -0.4 is 0 Å². The van der Waals surface area contributed by atoms with Gasteiger partial charge in [0.25, 0.3) is 0 Å². The minimum atomic E-state index is 0.485. The maximum atomic E-state index is 5.91. The lowest BCUT2D eigenvalue weighted by Crippen LogP contribution is -1.99. The van der Waals surface area contributed by atoms with Gasteiger partial charge in [0.15, 0.2) is 0 Å². The molecule has 4 heteroatoms. The van der Waals surface area contributed by atoms with Crippen LogP contribution in [0.25, 0.3) is 0 Å². The van der Waals surface area contributed by atoms with Gasteiger partial charge < -0.3 is 4.74 Å². The van der Waals surface area contributed by atoms with Gasteiger partial charge in [-0.1, -0.05) is 18.5 Å². The van der Waals surface area contributed by atoms with Crippen molar-refractivity contribution in [2.45, 2.75) is 26.9 Å². The van der Waals surface area contributed by atoms with E-state index < -0.39 is 0 Å². The molecule has 0 fully saturated rings. The Labute approximate surface area is 83.1 Å². The zero-order valence-corrected chi connectivity index (χ0v) is 8.64. The van der Waals surface area contributed by atoms with E-state index >= 15 is 0 Å². The summed E-state index contributed by atoms with van der Waals surface area (Å²) < 4.78 is 5.21. The molecule has 0 N–H and O–H groups in total. The van der Waals surface area contributed by atoms with Gasteiger partial charge in [0.05, 0.1) is 6.61 Å². The number of aryl methyl sites for hydroxylation is 1. The summed E-state index contributed by atoms with van der Waals surface area (Å²) in [6.07, 6.45) is 2.53. The summed E-state index contributed by atoms with van der Waals surface area (Å²) in [5, 5.41) is 0.500. The quantitative estimate of drug-likeness (QED) is 0.700. The largest absolute Gasteiger partial charge is 0.377 e. The van der Waals surface area contributed by atoms with Gasteiger partial charge in [-0.3, -0.25) is 0 Å². The molecule has 1 aromatic rings. The standard InChI is InChI=1S/C9H13ClN2O/c1-3-8-11-5-7(6-13-4-2)9(10)12-8/h5H,3-4,6H2,1-2H3. The summed E-state index contributed by atoms with van der Waals surface area (Å²) in [6, 6.07) is 0. The highest BCUT2D eigenvalue weighted by Crippen LogP contribution is 2.12. The number of halogens is 1. The molecule has 1 rings (SSSR count). The second-order valence-corrected chi connectivity index (χ2v) is 2.95. The maximum Gasteiger partial charge on any atom is 0.138 e. The molecule has 0 saturated heterocycles. The summed E-state index contributed by atoms with van der Waals surface area (Å²) in [5.74, 6) is 0.769. The molecule has 1 heterocycles. The normalized spacial score (nSPS) is 10.4. The lowest BCUT2D eigenvalue weighted by atomic mass is 10.3. The third-order valence-corrected chi connectivity index (χ3v) is 1.97. The number of rotatable bonds is 4. The lowest BCUT2D eigenvalue weighted by molar-refractivity contribution is 0.133. The lowest BCUT2D eigenvalue weighted by Gasteiger charge is -2.03. The van der Waals surface area contributed by atoms with Gasteiger partial charge in [0, 0.05) is 24.8 Å². The average Bonchev–Trinajstić information content (AvgIpc) is 2.16. The first-order valence-electron chi connectivity index (χ1n) is 4.36. The molecule has 13 heavy (non-hydrogen) atoms. The van der Waals surface area contributed by atoms with E-state index in [4.69, 9.17) is 16.3 Å². The maximum absolute atomic E-state index is 5.91. The molecule has 0 radical (unpaired) electrons. The fourth-order valence-electron chi connectivity index (χ4n) is 0.899. The molecular formula is C9H13ClN2O. The van der Waals surface area contributed by atoms with Crippen molar-refractivity contribution >= 4 is 11.6 Å². The van der Waals surface area contributed by atoms with Crippen LogP contribution in [-0.2, 0) is 17.8 Å². The number of hydrogen-bond acceptors (Lipinski definition) is 3. The number of ether oxygens (including phenoxy) is 1. The molecule has 72 valence electrons. The van der Waals surface area contributed by atoms with E-state index in [2.05, 4.69) is 9.97 Å². The fraction of sp³-hybridized carbons (Fsp3) is 0.556. The van der Waals surface area contributed by atoms with Gasteiger partial charge in [-0.25, -0.2) is 9.97 Å². The van der Waals surface area contributed by atoms with Crippen molar-refractivity contribution in [1.82, 2.24) is 9.97 Å². The Balaban J connectivity index is 2.73. The van der Waals surface area contributed by atoms with E-state index in [0.717, 1.165) is 17.8 Å². The van der Waals surface area contributed by atoms with Gasteiger partial charge in [0.2, 0.25) is 0 Å². The van der Waals surface area contributed by atoms with Crippen LogP contribution in [-0.4, -0.2) is 16.6 Å². The van der Waals surface area contributed by atoms with E-state index in [1.165, 1.54) is 0 Å². The summed E-state index contributed by atoms with van der Waals surface area (Å²) in [6.45, 7) is 5.09. The van der Waals surface area contributed by atoms with E-state index in [1.807, 2.05) is 13.8 Å². The highest BCUT2D eigenvalue weighted by molar-refractivity contribution is 6.30. The number of hydrogen-bond donors (Lipinski definition) is 0. The van der Waals surface area contributed by atoms with Crippen LogP contribution in [0.5, 0.6) is 0 Å². The third-order valence-electron chi connectivity index (χ3n) is 1.64. The molecule has 0 bridgehead atoms. The first-order valence-corrected chi connectivity index (χ1v) is 4.73. The fourth-order valence-corrected chi connectivity index (χ4v) is 1.10. The van der Waals surface area contributed by atoms with Crippen LogP contribution in [0.15, 0.2) is 6.20 Å². The monoisotopic (exact) mass is 200 g/mol. The third kappa shape index (κ3) is 2.94. The van der Waals surface area contributed by atoms with Crippen LogP contribution in [0.1, 0.15) is 25.2 Å². The van der Waals surface area contributed by atoms with Gasteiger partial charge >= 0.3 is 0 Å². The Morgan fingerprint density at radius 1 is 1.46 bits per heavy atom. The second kappa shape index (κ2) is 5.14. The molecule has 0 amide bonds. The average molecular weight is 201 g/mol. The molecule has 3 nitrogen and oxygen atoms in total. The highest BCUT2D eigenvalue weighted by Gasteiger charge is 2.03. The molecule has 0 saturated carbocycles. The predicted octanol–water partition coefficient (Wildman–Crippen LogP) is 2.23. The molecule has 0 aliphatic rings. The number of aromatic nitrogens is 2. The molecule has 0 atom stereocenters. The van der Waals surface area contributed by atoms with Crippen LogP contribution >= 0.6 is 11.6 Å². The molecular weight excluding hydrogens is 188 g/mol. The SMILES string of the molecule is CCOCc1cnc(CC)nc1Cl. The number of nitrogens with zero attached hydrogens (tertiary/aromatic N) is 2. The van der Waals surface area contributed by atoms with Gasteiger partial charge in [-0.2, -0.15) is 0 Å². The Hall–Kier alpha value is -0.670. The van der Waals surface area contributed by atoms with Crippen molar-refractivity contribution < 1.29 is 4.74 Å². The van der Waals surface area contributed by atoms with Crippen molar-refractivity contribution in [3.63, 3.8) is 0 Å². The van der Waals surface area contributed by atoms with Crippen molar-refractivity contribution in [2.75, 3.05) is 6.61 Å². The van der Waals surface area contributed by atoms with Crippen LogP contribution in [0.3, 0.4) is 0 Å². The van der Waals surface area contributed by atoms with Gasteiger partial charge in [-0.15, -0.1) is 0 Å². The van der Waals surface area contributed by atoms with E-state index in [9.17, 15) is 0 Å². The van der Waals surface area contributed by atoms with E-state index in [0.29, 0.717) is 18.4 Å². The molecule has 0 aliphatic carbocycles. The topological polar surface area (TPSA) is 35.0 Å². The first-order chi connectivity index (χ1) is 6.27. The summed E-state index contributed by atoms with van der Waals surface area (Å²) in [7, 11) is 0. The Bertz CT molecular complexity index is 278. The molecule has 0 unspecified atom stereocenters. The molecule has 0 aliphatic heterocycles. The van der Waals surface area contributed by atoms with Crippen LogP contribution in [0, 0.1) is 0 Å².